The second-order valence-corrected chi connectivity index (χ2v) is 6.13. The Morgan fingerprint density at radius 1 is 1.27 bits per heavy atom. The van der Waals surface area contributed by atoms with Crippen LogP contribution in [0.1, 0.15) is 27.2 Å². The Morgan fingerprint density at radius 2 is 1.93 bits per heavy atom. The molecule has 0 rings (SSSR count). The van der Waals surface area contributed by atoms with Crippen molar-refractivity contribution in [3.8, 4) is 0 Å². The number of rotatable bonds is 9. The Balaban J connectivity index is 3.69. The van der Waals surface area contributed by atoms with Gasteiger partial charge in [-0.2, -0.15) is 11.8 Å². The van der Waals surface area contributed by atoms with Gasteiger partial charge in [0.25, 0.3) is 0 Å². The first-order valence-electron chi connectivity index (χ1n) is 6.02. The van der Waals surface area contributed by atoms with Crippen molar-refractivity contribution >= 4 is 11.8 Å². The van der Waals surface area contributed by atoms with E-state index in [-0.39, 0.29) is 0 Å². The van der Waals surface area contributed by atoms with E-state index >= 15 is 0 Å². The molecule has 0 spiro atoms. The van der Waals surface area contributed by atoms with Crippen LogP contribution in [0.25, 0.3) is 0 Å². The maximum Gasteiger partial charge on any atom is 0.0197 e. The molecular formula is C12H28N2S. The van der Waals surface area contributed by atoms with Gasteiger partial charge in [0.05, 0.1) is 0 Å². The van der Waals surface area contributed by atoms with Gasteiger partial charge in [-0.3, -0.25) is 0 Å². The number of nitrogens with one attached hydrogen (secondary N) is 1. The molecule has 0 saturated heterocycles. The third-order valence-electron chi connectivity index (χ3n) is 2.22. The molecular weight excluding hydrogens is 204 g/mol. The first-order valence-corrected chi connectivity index (χ1v) is 7.17. The fourth-order valence-electron chi connectivity index (χ4n) is 1.71. The topological polar surface area (TPSA) is 15.3 Å². The van der Waals surface area contributed by atoms with Crippen LogP contribution in [0.15, 0.2) is 0 Å². The van der Waals surface area contributed by atoms with Crippen molar-refractivity contribution in [3.05, 3.63) is 0 Å². The van der Waals surface area contributed by atoms with Crippen LogP contribution in [0, 0.1) is 5.92 Å². The largest absolute Gasteiger partial charge is 0.312 e. The van der Waals surface area contributed by atoms with Gasteiger partial charge in [-0.15, -0.1) is 0 Å². The highest BCUT2D eigenvalue weighted by Crippen LogP contribution is 2.06. The molecule has 1 N–H and O–H groups in total. The van der Waals surface area contributed by atoms with Crippen molar-refractivity contribution < 1.29 is 0 Å². The lowest BCUT2D eigenvalue weighted by atomic mass is 10.0. The molecule has 0 bridgehead atoms. The molecule has 1 unspecified atom stereocenters. The summed E-state index contributed by atoms with van der Waals surface area (Å²) in [7, 11) is 4.30. The smallest absolute Gasteiger partial charge is 0.0197 e. The third-order valence-corrected chi connectivity index (χ3v) is 3.13. The van der Waals surface area contributed by atoms with Crippen LogP contribution in [0.5, 0.6) is 0 Å². The van der Waals surface area contributed by atoms with Crippen LogP contribution in [-0.2, 0) is 0 Å². The van der Waals surface area contributed by atoms with E-state index in [1.54, 1.807) is 0 Å². The van der Waals surface area contributed by atoms with Gasteiger partial charge in [-0.05, 0) is 32.2 Å². The summed E-state index contributed by atoms with van der Waals surface area (Å²) in [4.78, 5) is 2.27. The highest BCUT2D eigenvalue weighted by atomic mass is 32.2. The zero-order valence-corrected chi connectivity index (χ0v) is 11.9. The summed E-state index contributed by atoms with van der Waals surface area (Å²) in [5, 5.41) is 3.65. The fraction of sp³-hybridized carbons (Fsp3) is 1.00. The van der Waals surface area contributed by atoms with Gasteiger partial charge in [0.2, 0.25) is 0 Å². The monoisotopic (exact) mass is 232 g/mol. The average molecular weight is 232 g/mol. The van der Waals surface area contributed by atoms with Crippen LogP contribution in [0.3, 0.4) is 0 Å². The van der Waals surface area contributed by atoms with Crippen LogP contribution >= 0.6 is 11.8 Å². The zero-order chi connectivity index (χ0) is 11.7. The highest BCUT2D eigenvalue weighted by molar-refractivity contribution is 7.99. The lowest BCUT2D eigenvalue weighted by Crippen LogP contribution is -2.40. The summed E-state index contributed by atoms with van der Waals surface area (Å²) in [6.45, 7) is 9.10. The first kappa shape index (κ1) is 15.3. The summed E-state index contributed by atoms with van der Waals surface area (Å²) in [5.74, 6) is 3.24. The minimum atomic E-state index is 0.650. The summed E-state index contributed by atoms with van der Waals surface area (Å²) in [6.07, 6.45) is 1.27. The Kier molecular flexibility index (Phi) is 9.66. The van der Waals surface area contributed by atoms with E-state index in [4.69, 9.17) is 0 Å². The summed E-state index contributed by atoms with van der Waals surface area (Å²) < 4.78 is 0. The molecule has 0 aromatic rings. The van der Waals surface area contributed by atoms with Crippen LogP contribution in [0.4, 0.5) is 0 Å². The standard InChI is InChI=1S/C12H28N2S/c1-6-15-8-7-13-12(9-11(2)3)10-14(4)5/h11-13H,6-10H2,1-5H3. The van der Waals surface area contributed by atoms with Crippen molar-refractivity contribution in [3.63, 3.8) is 0 Å². The lowest BCUT2D eigenvalue weighted by Gasteiger charge is -2.24. The van der Waals surface area contributed by atoms with E-state index in [2.05, 4.69) is 45.1 Å². The number of hydrogen-bond donors (Lipinski definition) is 1. The maximum atomic E-state index is 3.65. The molecule has 0 aromatic carbocycles. The van der Waals surface area contributed by atoms with E-state index in [0.717, 1.165) is 19.0 Å². The number of nitrogens with zero attached hydrogens (tertiary/aromatic N) is 1. The normalized spacial score (nSPS) is 13.8. The minimum absolute atomic E-state index is 0.650. The predicted molar refractivity (Wildman–Crippen MR) is 72.8 cm³/mol. The molecule has 0 saturated carbocycles. The van der Waals surface area contributed by atoms with E-state index in [1.165, 1.54) is 17.9 Å². The molecule has 3 heteroatoms. The molecule has 0 radical (unpaired) electrons. The van der Waals surface area contributed by atoms with E-state index in [1.807, 2.05) is 11.8 Å². The third kappa shape index (κ3) is 10.6. The van der Waals surface area contributed by atoms with Gasteiger partial charge in [0.15, 0.2) is 0 Å². The molecule has 15 heavy (non-hydrogen) atoms. The predicted octanol–water partition coefficient (Wildman–Crippen LogP) is 2.31. The quantitative estimate of drug-likeness (QED) is 0.614. The van der Waals surface area contributed by atoms with E-state index < -0.39 is 0 Å². The molecule has 0 aromatic heterocycles. The summed E-state index contributed by atoms with van der Waals surface area (Å²) >= 11 is 2.01. The average Bonchev–Trinajstić information content (AvgIpc) is 2.10. The summed E-state index contributed by atoms with van der Waals surface area (Å²) in [5.41, 5.74) is 0. The Bertz CT molecular complexity index is 128. The van der Waals surface area contributed by atoms with Crippen LogP contribution in [-0.4, -0.2) is 49.6 Å². The molecule has 0 aliphatic rings. The molecule has 0 fully saturated rings. The minimum Gasteiger partial charge on any atom is -0.312 e. The van der Waals surface area contributed by atoms with Crippen molar-refractivity contribution in [1.82, 2.24) is 10.2 Å². The molecule has 0 aliphatic carbocycles. The SMILES string of the molecule is CCSCCNC(CC(C)C)CN(C)C. The highest BCUT2D eigenvalue weighted by Gasteiger charge is 2.10. The second-order valence-electron chi connectivity index (χ2n) is 4.74. The van der Waals surface area contributed by atoms with Gasteiger partial charge in [0.1, 0.15) is 0 Å². The number of likely N-dealkylation sites (N-methyl/N-ethyl adjacent to an activating group) is 1. The van der Waals surface area contributed by atoms with E-state index in [9.17, 15) is 0 Å². The van der Waals surface area contributed by atoms with Gasteiger partial charge in [-0.1, -0.05) is 20.8 Å². The molecule has 0 heterocycles. The summed E-state index contributed by atoms with van der Waals surface area (Å²) in [6, 6.07) is 0.650. The molecule has 0 aliphatic heterocycles. The van der Waals surface area contributed by atoms with Crippen molar-refractivity contribution in [1.29, 1.82) is 0 Å². The Labute approximate surface area is 100 Å². The van der Waals surface area contributed by atoms with Gasteiger partial charge < -0.3 is 10.2 Å². The van der Waals surface area contributed by atoms with Crippen molar-refractivity contribution in [2.75, 3.05) is 38.7 Å². The zero-order valence-electron chi connectivity index (χ0n) is 11.0. The van der Waals surface area contributed by atoms with E-state index in [0.29, 0.717) is 6.04 Å². The van der Waals surface area contributed by atoms with Gasteiger partial charge in [0, 0.05) is 24.9 Å². The maximum absolute atomic E-state index is 3.65. The molecule has 92 valence electrons. The second kappa shape index (κ2) is 9.49. The Hall–Kier alpha value is 0.270. The van der Waals surface area contributed by atoms with Gasteiger partial charge in [-0.25, -0.2) is 0 Å². The van der Waals surface area contributed by atoms with Crippen LogP contribution < -0.4 is 5.32 Å². The Morgan fingerprint density at radius 3 is 2.40 bits per heavy atom. The number of thioether (sulfide) groups is 1. The molecule has 1 atom stereocenters. The molecule has 0 amide bonds. The van der Waals surface area contributed by atoms with Crippen molar-refractivity contribution in [2.45, 2.75) is 33.2 Å². The molecule has 2 nitrogen and oxygen atoms in total. The van der Waals surface area contributed by atoms with Crippen LogP contribution in [0.2, 0.25) is 0 Å². The van der Waals surface area contributed by atoms with Gasteiger partial charge >= 0.3 is 0 Å². The lowest BCUT2D eigenvalue weighted by molar-refractivity contribution is 0.310. The first-order chi connectivity index (χ1) is 7.06. The fourth-order valence-corrected chi connectivity index (χ4v) is 2.26. The van der Waals surface area contributed by atoms with Crippen molar-refractivity contribution in [2.24, 2.45) is 5.92 Å². The number of hydrogen-bond acceptors (Lipinski definition) is 3.